The predicted octanol–water partition coefficient (Wildman–Crippen LogP) is 4.69. The van der Waals surface area contributed by atoms with Gasteiger partial charge < -0.3 is 5.32 Å². The van der Waals surface area contributed by atoms with Crippen molar-refractivity contribution in [3.05, 3.63) is 0 Å². The van der Waals surface area contributed by atoms with Crippen molar-refractivity contribution in [2.45, 2.75) is 92.2 Å². The molecular weight excluding hydrogens is 256 g/mol. The predicted molar refractivity (Wildman–Crippen MR) is 94.8 cm³/mol. The molecule has 0 aromatic rings. The van der Waals surface area contributed by atoms with Gasteiger partial charge in [-0.3, -0.25) is 4.90 Å². The van der Waals surface area contributed by atoms with E-state index in [2.05, 4.69) is 51.8 Å². The number of piperazine rings is 1. The van der Waals surface area contributed by atoms with Crippen molar-refractivity contribution in [1.29, 1.82) is 0 Å². The number of nitrogens with one attached hydrogen (secondary N) is 1. The molecule has 0 bridgehead atoms. The number of rotatable bonds is 8. The van der Waals surface area contributed by atoms with E-state index in [1.807, 2.05) is 0 Å². The second kappa shape index (κ2) is 9.15. The molecule has 1 aliphatic heterocycles. The third kappa shape index (κ3) is 6.28. The molecular formula is C19H40N2. The second-order valence-corrected chi connectivity index (χ2v) is 8.19. The SMILES string of the molecule is CCCCCCCN1CC(C(C)(C)C)NCC1C(C)CC. The zero-order valence-electron chi connectivity index (χ0n) is 15.5. The molecule has 0 spiro atoms. The molecule has 126 valence electrons. The Morgan fingerprint density at radius 1 is 1.10 bits per heavy atom. The highest BCUT2D eigenvalue weighted by Gasteiger charge is 2.35. The molecule has 1 rings (SSSR count). The van der Waals surface area contributed by atoms with Crippen LogP contribution >= 0.6 is 0 Å². The minimum Gasteiger partial charge on any atom is -0.311 e. The number of nitrogens with zero attached hydrogens (tertiary/aromatic N) is 1. The Morgan fingerprint density at radius 2 is 1.76 bits per heavy atom. The fourth-order valence-electron chi connectivity index (χ4n) is 3.42. The minimum atomic E-state index is 0.362. The zero-order valence-corrected chi connectivity index (χ0v) is 15.5. The van der Waals surface area contributed by atoms with Crippen LogP contribution in [0.15, 0.2) is 0 Å². The first-order valence-electron chi connectivity index (χ1n) is 9.37. The first-order valence-corrected chi connectivity index (χ1v) is 9.37. The molecule has 1 saturated heterocycles. The summed E-state index contributed by atoms with van der Waals surface area (Å²) in [6, 6.07) is 1.37. The lowest BCUT2D eigenvalue weighted by Gasteiger charge is -2.47. The van der Waals surface area contributed by atoms with Crippen LogP contribution in [0.1, 0.15) is 80.1 Å². The quantitative estimate of drug-likeness (QED) is 0.654. The molecule has 2 heteroatoms. The van der Waals surface area contributed by atoms with Crippen LogP contribution in [-0.4, -0.2) is 36.6 Å². The third-order valence-electron chi connectivity index (χ3n) is 5.35. The molecule has 1 aliphatic rings. The summed E-state index contributed by atoms with van der Waals surface area (Å²) in [5.74, 6) is 0.800. The van der Waals surface area contributed by atoms with E-state index in [0.29, 0.717) is 11.5 Å². The van der Waals surface area contributed by atoms with Gasteiger partial charge in [0.1, 0.15) is 0 Å². The Hall–Kier alpha value is -0.0800. The van der Waals surface area contributed by atoms with Gasteiger partial charge in [0, 0.05) is 25.2 Å². The largest absolute Gasteiger partial charge is 0.311 e. The highest BCUT2D eigenvalue weighted by Crippen LogP contribution is 2.26. The summed E-state index contributed by atoms with van der Waals surface area (Å²) in [5.41, 5.74) is 0.362. The molecule has 3 atom stereocenters. The van der Waals surface area contributed by atoms with Gasteiger partial charge in [-0.2, -0.15) is 0 Å². The Kier molecular flexibility index (Phi) is 8.26. The summed E-state index contributed by atoms with van der Waals surface area (Å²) in [6.45, 7) is 17.9. The van der Waals surface area contributed by atoms with Crippen LogP contribution in [0.4, 0.5) is 0 Å². The number of unbranched alkanes of at least 4 members (excludes halogenated alkanes) is 4. The van der Waals surface area contributed by atoms with Crippen LogP contribution in [-0.2, 0) is 0 Å². The molecule has 1 N–H and O–H groups in total. The van der Waals surface area contributed by atoms with Crippen LogP contribution in [0, 0.1) is 11.3 Å². The van der Waals surface area contributed by atoms with E-state index in [1.165, 1.54) is 58.2 Å². The summed E-state index contributed by atoms with van der Waals surface area (Å²) >= 11 is 0. The maximum atomic E-state index is 3.82. The zero-order chi connectivity index (χ0) is 15.9. The minimum absolute atomic E-state index is 0.362. The van der Waals surface area contributed by atoms with Crippen molar-refractivity contribution in [3.63, 3.8) is 0 Å². The number of hydrogen-bond acceptors (Lipinski definition) is 2. The Labute approximate surface area is 134 Å². The van der Waals surface area contributed by atoms with Gasteiger partial charge in [-0.1, -0.05) is 73.6 Å². The van der Waals surface area contributed by atoms with Crippen molar-refractivity contribution >= 4 is 0 Å². The van der Waals surface area contributed by atoms with Gasteiger partial charge in [0.15, 0.2) is 0 Å². The standard InChI is InChI=1S/C19H40N2/c1-7-9-10-11-12-13-21-15-18(19(4,5)6)20-14-17(21)16(3)8-2/h16-18,20H,7-15H2,1-6H3. The van der Waals surface area contributed by atoms with Crippen molar-refractivity contribution in [2.24, 2.45) is 11.3 Å². The van der Waals surface area contributed by atoms with Gasteiger partial charge in [-0.15, -0.1) is 0 Å². The molecule has 0 aromatic carbocycles. The fourth-order valence-corrected chi connectivity index (χ4v) is 3.42. The van der Waals surface area contributed by atoms with E-state index in [9.17, 15) is 0 Å². The normalized spacial score (nSPS) is 26.0. The maximum Gasteiger partial charge on any atom is 0.0246 e. The molecule has 1 fully saturated rings. The second-order valence-electron chi connectivity index (χ2n) is 8.19. The van der Waals surface area contributed by atoms with Crippen molar-refractivity contribution in [3.8, 4) is 0 Å². The topological polar surface area (TPSA) is 15.3 Å². The van der Waals surface area contributed by atoms with Crippen LogP contribution in [0.3, 0.4) is 0 Å². The van der Waals surface area contributed by atoms with E-state index in [1.54, 1.807) is 0 Å². The Morgan fingerprint density at radius 3 is 2.33 bits per heavy atom. The lowest BCUT2D eigenvalue weighted by Crippen LogP contribution is -2.61. The molecule has 0 radical (unpaired) electrons. The van der Waals surface area contributed by atoms with Crippen LogP contribution in [0.5, 0.6) is 0 Å². The van der Waals surface area contributed by atoms with Crippen LogP contribution in [0.25, 0.3) is 0 Å². The van der Waals surface area contributed by atoms with Crippen molar-refractivity contribution < 1.29 is 0 Å². The fraction of sp³-hybridized carbons (Fsp3) is 1.00. The lowest BCUT2D eigenvalue weighted by atomic mass is 9.83. The first-order chi connectivity index (χ1) is 9.90. The highest BCUT2D eigenvalue weighted by molar-refractivity contribution is 4.93. The first kappa shape index (κ1) is 19.0. The lowest BCUT2D eigenvalue weighted by molar-refractivity contribution is 0.0569. The van der Waals surface area contributed by atoms with Gasteiger partial charge in [-0.05, 0) is 24.3 Å². The average molecular weight is 297 g/mol. The van der Waals surface area contributed by atoms with Crippen molar-refractivity contribution in [2.75, 3.05) is 19.6 Å². The molecule has 2 nitrogen and oxygen atoms in total. The van der Waals surface area contributed by atoms with E-state index < -0.39 is 0 Å². The van der Waals surface area contributed by atoms with Crippen LogP contribution < -0.4 is 5.32 Å². The van der Waals surface area contributed by atoms with Gasteiger partial charge in [0.2, 0.25) is 0 Å². The maximum absolute atomic E-state index is 3.82. The molecule has 0 aliphatic carbocycles. The Balaban J connectivity index is 2.52. The average Bonchev–Trinajstić information content (AvgIpc) is 2.45. The highest BCUT2D eigenvalue weighted by atomic mass is 15.2. The van der Waals surface area contributed by atoms with Crippen LogP contribution in [0.2, 0.25) is 0 Å². The molecule has 1 heterocycles. The Bertz CT molecular complexity index is 269. The summed E-state index contributed by atoms with van der Waals surface area (Å²) in [6.07, 6.45) is 8.24. The monoisotopic (exact) mass is 296 g/mol. The third-order valence-corrected chi connectivity index (χ3v) is 5.35. The van der Waals surface area contributed by atoms with E-state index in [0.717, 1.165) is 12.0 Å². The summed E-state index contributed by atoms with van der Waals surface area (Å²) in [7, 11) is 0. The van der Waals surface area contributed by atoms with Gasteiger partial charge >= 0.3 is 0 Å². The van der Waals surface area contributed by atoms with Crippen molar-refractivity contribution in [1.82, 2.24) is 10.2 Å². The molecule has 0 amide bonds. The van der Waals surface area contributed by atoms with E-state index in [4.69, 9.17) is 0 Å². The van der Waals surface area contributed by atoms with Gasteiger partial charge in [-0.25, -0.2) is 0 Å². The summed E-state index contributed by atoms with van der Waals surface area (Å²) in [4.78, 5) is 2.80. The molecule has 21 heavy (non-hydrogen) atoms. The van der Waals surface area contributed by atoms with Gasteiger partial charge in [0.25, 0.3) is 0 Å². The van der Waals surface area contributed by atoms with E-state index >= 15 is 0 Å². The summed E-state index contributed by atoms with van der Waals surface area (Å²) < 4.78 is 0. The molecule has 0 aromatic heterocycles. The molecule has 0 saturated carbocycles. The molecule has 3 unspecified atom stereocenters. The summed E-state index contributed by atoms with van der Waals surface area (Å²) in [5, 5.41) is 3.82. The number of hydrogen-bond donors (Lipinski definition) is 1. The van der Waals surface area contributed by atoms with Gasteiger partial charge in [0.05, 0.1) is 0 Å². The smallest absolute Gasteiger partial charge is 0.0246 e. The van der Waals surface area contributed by atoms with E-state index in [-0.39, 0.29) is 0 Å².